The molecule has 2 N–H and O–H groups in total. The van der Waals surface area contributed by atoms with Crippen molar-refractivity contribution in [2.24, 2.45) is 5.73 Å². The van der Waals surface area contributed by atoms with Crippen LogP contribution in [0.15, 0.2) is 21.4 Å². The van der Waals surface area contributed by atoms with Crippen LogP contribution in [-0.2, 0) is 15.3 Å². The van der Waals surface area contributed by atoms with Crippen LogP contribution in [-0.4, -0.2) is 24.7 Å². The number of rotatable bonds is 2. The molecule has 3 rings (SSSR count). The first kappa shape index (κ1) is 17.7. The summed E-state index contributed by atoms with van der Waals surface area (Å²) in [7, 11) is -3.60. The Hall–Kier alpha value is -1.11. The molecule has 132 valence electrons. The van der Waals surface area contributed by atoms with Crippen LogP contribution in [0.1, 0.15) is 52.3 Å². The normalized spacial score (nSPS) is 22.9. The van der Waals surface area contributed by atoms with Gasteiger partial charge in [0.25, 0.3) is 0 Å². The maximum atomic E-state index is 13.2. The largest absolute Gasteiger partial charge is 0.439 e. The summed E-state index contributed by atoms with van der Waals surface area (Å²) in [5.41, 5.74) is 6.38. The van der Waals surface area contributed by atoms with Gasteiger partial charge in [-0.25, -0.2) is 13.4 Å². The molecular weight excluding hydrogens is 348 g/mol. The highest BCUT2D eigenvalue weighted by Crippen LogP contribution is 2.38. The number of fused-ring (bicyclic) bond motifs is 1. The monoisotopic (exact) mass is 370 g/mol. The minimum Gasteiger partial charge on any atom is -0.439 e. The van der Waals surface area contributed by atoms with E-state index in [1.165, 1.54) is 0 Å². The lowest BCUT2D eigenvalue weighted by molar-refractivity contribution is 0.407. The quantitative estimate of drug-likeness (QED) is 0.868. The molecule has 5 nitrogen and oxygen atoms in total. The SMILES string of the molecule is CC(C)(C)c1nc2ccc(Cl)c(S(=O)(=O)C3CCC(N)CC3)c2o1. The van der Waals surface area contributed by atoms with Crippen molar-refractivity contribution in [2.75, 3.05) is 0 Å². The summed E-state index contributed by atoms with van der Waals surface area (Å²) in [6, 6.07) is 3.37. The van der Waals surface area contributed by atoms with Crippen LogP contribution in [0, 0.1) is 0 Å². The number of aromatic nitrogens is 1. The third-order valence-corrected chi connectivity index (χ3v) is 7.30. The molecule has 2 aromatic rings. The molecule has 1 fully saturated rings. The van der Waals surface area contributed by atoms with E-state index in [0.717, 1.165) is 0 Å². The lowest BCUT2D eigenvalue weighted by Gasteiger charge is -2.26. The van der Waals surface area contributed by atoms with Gasteiger partial charge in [-0.15, -0.1) is 0 Å². The van der Waals surface area contributed by atoms with Crippen LogP contribution in [0.5, 0.6) is 0 Å². The smallest absolute Gasteiger partial charge is 0.200 e. The Bertz CT molecular complexity index is 860. The maximum absolute atomic E-state index is 13.2. The molecule has 0 bridgehead atoms. The van der Waals surface area contributed by atoms with E-state index in [1.54, 1.807) is 12.1 Å². The van der Waals surface area contributed by atoms with Gasteiger partial charge in [0.15, 0.2) is 15.4 Å². The van der Waals surface area contributed by atoms with E-state index in [-0.39, 0.29) is 27.0 Å². The first-order valence-corrected chi connectivity index (χ1v) is 10.1. The van der Waals surface area contributed by atoms with Crippen molar-refractivity contribution in [3.63, 3.8) is 0 Å². The van der Waals surface area contributed by atoms with Crippen molar-refractivity contribution in [1.29, 1.82) is 0 Å². The van der Waals surface area contributed by atoms with Crippen molar-refractivity contribution in [2.45, 2.75) is 68.1 Å². The van der Waals surface area contributed by atoms with Gasteiger partial charge >= 0.3 is 0 Å². The number of sulfone groups is 1. The topological polar surface area (TPSA) is 86.2 Å². The Balaban J connectivity index is 2.14. The van der Waals surface area contributed by atoms with E-state index >= 15 is 0 Å². The molecule has 0 atom stereocenters. The molecule has 1 aromatic carbocycles. The molecule has 7 heteroatoms. The van der Waals surface area contributed by atoms with Crippen LogP contribution in [0.3, 0.4) is 0 Å². The fourth-order valence-electron chi connectivity index (χ4n) is 3.10. The number of halogens is 1. The zero-order valence-electron chi connectivity index (χ0n) is 14.2. The molecular formula is C17H23ClN2O3S. The molecule has 0 radical (unpaired) electrons. The van der Waals surface area contributed by atoms with Gasteiger partial charge in [-0.1, -0.05) is 32.4 Å². The standard InChI is InChI=1S/C17H23ClN2O3S/c1-17(2,3)16-20-13-9-8-12(18)15(14(13)23-16)24(21,22)11-6-4-10(19)5-7-11/h8-11H,4-7,19H2,1-3H3. The van der Waals surface area contributed by atoms with Gasteiger partial charge in [0.05, 0.1) is 10.3 Å². The number of hydrogen-bond donors (Lipinski definition) is 1. The average molecular weight is 371 g/mol. The highest BCUT2D eigenvalue weighted by molar-refractivity contribution is 7.92. The van der Waals surface area contributed by atoms with Crippen LogP contribution in [0.25, 0.3) is 11.1 Å². The van der Waals surface area contributed by atoms with E-state index in [2.05, 4.69) is 4.98 Å². The van der Waals surface area contributed by atoms with Gasteiger partial charge in [-0.05, 0) is 37.8 Å². The third-order valence-electron chi connectivity index (χ3n) is 4.55. The minimum absolute atomic E-state index is 0.0742. The number of benzene rings is 1. The molecule has 1 aromatic heterocycles. The van der Waals surface area contributed by atoms with Gasteiger partial charge in [0.2, 0.25) is 5.89 Å². The van der Waals surface area contributed by atoms with Crippen molar-refractivity contribution in [3.05, 3.63) is 23.0 Å². The maximum Gasteiger partial charge on any atom is 0.200 e. The molecule has 0 amide bonds. The summed E-state index contributed by atoms with van der Waals surface area (Å²) in [5, 5.41) is -0.280. The second kappa shape index (κ2) is 6.00. The fraction of sp³-hybridized carbons (Fsp3) is 0.588. The van der Waals surface area contributed by atoms with Crippen LogP contribution in [0.2, 0.25) is 5.02 Å². The molecule has 0 spiro atoms. The Labute approximate surface area is 147 Å². The molecule has 1 aliphatic rings. The first-order chi connectivity index (χ1) is 11.1. The Morgan fingerprint density at radius 3 is 2.42 bits per heavy atom. The highest BCUT2D eigenvalue weighted by atomic mass is 35.5. The van der Waals surface area contributed by atoms with Gasteiger partial charge in [0.1, 0.15) is 10.4 Å². The van der Waals surface area contributed by atoms with E-state index < -0.39 is 15.1 Å². The van der Waals surface area contributed by atoms with E-state index in [4.69, 9.17) is 21.8 Å². The van der Waals surface area contributed by atoms with E-state index in [0.29, 0.717) is 37.1 Å². The first-order valence-electron chi connectivity index (χ1n) is 8.19. The number of nitrogens with two attached hydrogens (primary N) is 1. The summed E-state index contributed by atoms with van der Waals surface area (Å²) in [6.07, 6.45) is 2.52. The minimum atomic E-state index is -3.60. The Morgan fingerprint density at radius 1 is 1.21 bits per heavy atom. The average Bonchev–Trinajstić information content (AvgIpc) is 2.91. The number of nitrogens with zero attached hydrogens (tertiary/aromatic N) is 1. The summed E-state index contributed by atoms with van der Waals surface area (Å²) in [5.74, 6) is 0.502. The number of hydrogen-bond acceptors (Lipinski definition) is 5. The summed E-state index contributed by atoms with van der Waals surface area (Å²) in [6.45, 7) is 5.90. The van der Waals surface area contributed by atoms with Gasteiger partial charge < -0.3 is 10.2 Å². The zero-order chi connectivity index (χ0) is 17.7. The van der Waals surface area contributed by atoms with E-state index in [1.807, 2.05) is 20.8 Å². The van der Waals surface area contributed by atoms with Crippen LogP contribution < -0.4 is 5.73 Å². The van der Waals surface area contributed by atoms with E-state index in [9.17, 15) is 8.42 Å². The molecule has 24 heavy (non-hydrogen) atoms. The summed E-state index contributed by atoms with van der Waals surface area (Å²) < 4.78 is 32.2. The molecule has 0 unspecified atom stereocenters. The fourth-order valence-corrected chi connectivity index (χ4v) is 5.54. The molecule has 1 heterocycles. The predicted octanol–water partition coefficient (Wildman–Crippen LogP) is 3.82. The second-order valence-corrected chi connectivity index (χ2v) is 10.1. The van der Waals surface area contributed by atoms with Crippen molar-refractivity contribution in [3.8, 4) is 0 Å². The van der Waals surface area contributed by atoms with Crippen molar-refractivity contribution in [1.82, 2.24) is 4.98 Å². The zero-order valence-corrected chi connectivity index (χ0v) is 15.7. The molecule has 0 saturated heterocycles. The molecule has 1 saturated carbocycles. The molecule has 0 aliphatic heterocycles. The van der Waals surface area contributed by atoms with Gasteiger partial charge in [-0.2, -0.15) is 0 Å². The van der Waals surface area contributed by atoms with Crippen molar-refractivity contribution < 1.29 is 12.8 Å². The van der Waals surface area contributed by atoms with Crippen molar-refractivity contribution >= 4 is 32.5 Å². The number of oxazole rings is 1. The lowest BCUT2D eigenvalue weighted by atomic mass is 9.96. The third kappa shape index (κ3) is 3.07. The van der Waals surface area contributed by atoms with Crippen LogP contribution in [0.4, 0.5) is 0 Å². The summed E-state index contributed by atoms with van der Waals surface area (Å²) >= 11 is 6.27. The van der Waals surface area contributed by atoms with Gasteiger partial charge in [-0.3, -0.25) is 0 Å². The predicted molar refractivity (Wildman–Crippen MR) is 95.1 cm³/mol. The highest BCUT2D eigenvalue weighted by Gasteiger charge is 2.35. The Kier molecular flexibility index (Phi) is 4.43. The van der Waals surface area contributed by atoms with Gasteiger partial charge in [0, 0.05) is 11.5 Å². The Morgan fingerprint density at radius 2 is 1.83 bits per heavy atom. The summed E-state index contributed by atoms with van der Waals surface area (Å²) in [4.78, 5) is 4.52. The van der Waals surface area contributed by atoms with Crippen LogP contribution >= 0.6 is 11.6 Å². The second-order valence-electron chi connectivity index (χ2n) is 7.58. The lowest BCUT2D eigenvalue weighted by Crippen LogP contribution is -2.33. The molecule has 1 aliphatic carbocycles.